The Morgan fingerprint density at radius 2 is 2.00 bits per heavy atom. The minimum absolute atomic E-state index is 0.140. The van der Waals surface area contributed by atoms with Gasteiger partial charge in [0.15, 0.2) is 11.6 Å². The maximum atomic E-state index is 13.1. The normalized spacial score (nSPS) is 12.7. The van der Waals surface area contributed by atoms with E-state index in [0.29, 0.717) is 0 Å². The van der Waals surface area contributed by atoms with Gasteiger partial charge in [-0.1, -0.05) is 0 Å². The Kier molecular flexibility index (Phi) is 3.69. The van der Waals surface area contributed by atoms with Crippen molar-refractivity contribution >= 4 is 18.3 Å². The average molecular weight is 253 g/mol. The van der Waals surface area contributed by atoms with Gasteiger partial charge in [-0.25, -0.2) is 4.39 Å². The first-order chi connectivity index (χ1) is 7.33. The molecule has 88 valence electrons. The largest absolute Gasteiger partial charge is 0.573 e. The van der Waals surface area contributed by atoms with Crippen molar-refractivity contribution in [2.24, 2.45) is 5.73 Å². The Labute approximate surface area is 94.1 Å². The quantitative estimate of drug-likeness (QED) is 0.628. The van der Waals surface area contributed by atoms with Crippen molar-refractivity contribution in [2.45, 2.75) is 6.36 Å². The molecule has 7 heteroatoms. The molecule has 0 saturated heterocycles. The molecule has 0 amide bonds. The number of rotatable bonds is 2. The molecule has 0 aliphatic heterocycles. The van der Waals surface area contributed by atoms with E-state index in [9.17, 15) is 17.6 Å². The maximum Gasteiger partial charge on any atom is 0.573 e. The third-order valence-electron chi connectivity index (χ3n) is 1.63. The molecule has 1 rings (SSSR count). The Morgan fingerprint density at radius 1 is 1.38 bits per heavy atom. The van der Waals surface area contributed by atoms with Crippen molar-refractivity contribution in [3.63, 3.8) is 0 Å². The molecule has 0 unspecified atom stereocenters. The van der Waals surface area contributed by atoms with Crippen LogP contribution in [0.5, 0.6) is 5.75 Å². The fourth-order valence-corrected chi connectivity index (χ4v) is 1.11. The molecule has 0 atom stereocenters. The number of halogens is 4. The van der Waals surface area contributed by atoms with Crippen molar-refractivity contribution in [2.75, 3.05) is 0 Å². The molecule has 0 aliphatic carbocycles. The van der Waals surface area contributed by atoms with Gasteiger partial charge in [0.25, 0.3) is 0 Å². The van der Waals surface area contributed by atoms with Crippen LogP contribution in [-0.2, 0) is 0 Å². The van der Waals surface area contributed by atoms with Gasteiger partial charge in [-0.15, -0.1) is 25.8 Å². The lowest BCUT2D eigenvalue weighted by molar-refractivity contribution is -0.275. The number of ether oxygens (including phenoxy) is 1. The van der Waals surface area contributed by atoms with E-state index in [4.69, 9.17) is 5.73 Å². The van der Waals surface area contributed by atoms with Gasteiger partial charge in [0, 0.05) is 11.3 Å². The number of hydrogen-bond donors (Lipinski definition) is 2. The van der Waals surface area contributed by atoms with Crippen molar-refractivity contribution in [3.05, 3.63) is 35.0 Å². The maximum absolute atomic E-state index is 13.1. The van der Waals surface area contributed by atoms with Crippen LogP contribution < -0.4 is 10.5 Å². The second-order valence-corrected chi connectivity index (χ2v) is 3.04. The van der Waals surface area contributed by atoms with Crippen LogP contribution >= 0.6 is 12.6 Å². The monoisotopic (exact) mass is 253 g/mol. The molecule has 0 spiro atoms. The van der Waals surface area contributed by atoms with Crippen molar-refractivity contribution in [1.29, 1.82) is 0 Å². The highest BCUT2D eigenvalue weighted by atomic mass is 32.1. The van der Waals surface area contributed by atoms with E-state index in [1.54, 1.807) is 0 Å². The van der Waals surface area contributed by atoms with E-state index in [1.165, 1.54) is 11.5 Å². The summed E-state index contributed by atoms with van der Waals surface area (Å²) < 4.78 is 52.0. The van der Waals surface area contributed by atoms with Gasteiger partial charge in [0.1, 0.15) is 0 Å². The highest BCUT2D eigenvalue weighted by molar-refractivity contribution is 7.83. The molecule has 0 radical (unpaired) electrons. The summed E-state index contributed by atoms with van der Waals surface area (Å²) >= 11 is 3.74. The molecule has 2 nitrogen and oxygen atoms in total. The fraction of sp³-hybridized carbons (Fsp3) is 0.111. The van der Waals surface area contributed by atoms with Crippen molar-refractivity contribution in [3.8, 4) is 5.75 Å². The molecule has 0 bridgehead atoms. The molecule has 0 aliphatic rings. The first kappa shape index (κ1) is 12.7. The molecule has 0 aromatic heterocycles. The molecule has 2 N–H and O–H groups in total. The van der Waals surface area contributed by atoms with E-state index in [-0.39, 0.29) is 11.3 Å². The molecule has 1 aromatic carbocycles. The zero-order chi connectivity index (χ0) is 12.3. The van der Waals surface area contributed by atoms with Gasteiger partial charge >= 0.3 is 6.36 Å². The van der Waals surface area contributed by atoms with Crippen LogP contribution in [0.4, 0.5) is 17.6 Å². The summed E-state index contributed by atoms with van der Waals surface area (Å²) in [5, 5.41) is 1.21. The van der Waals surface area contributed by atoms with Gasteiger partial charge in [-0.2, -0.15) is 0 Å². The number of benzene rings is 1. The molecule has 16 heavy (non-hydrogen) atoms. The van der Waals surface area contributed by atoms with E-state index in [0.717, 1.165) is 12.1 Å². The lowest BCUT2D eigenvalue weighted by Crippen LogP contribution is -2.18. The van der Waals surface area contributed by atoms with Gasteiger partial charge in [0.2, 0.25) is 0 Å². The van der Waals surface area contributed by atoms with E-state index >= 15 is 0 Å². The minimum atomic E-state index is -4.92. The molecule has 0 heterocycles. The van der Waals surface area contributed by atoms with Crippen LogP contribution in [0.1, 0.15) is 5.56 Å². The minimum Gasteiger partial charge on any atom is -0.403 e. The van der Waals surface area contributed by atoms with E-state index in [1.807, 2.05) is 0 Å². The number of nitrogens with two attached hydrogens (primary N) is 1. The second-order valence-electron chi connectivity index (χ2n) is 2.78. The van der Waals surface area contributed by atoms with E-state index < -0.39 is 17.9 Å². The first-order valence-corrected chi connectivity index (χ1v) is 4.50. The average Bonchev–Trinajstić information content (AvgIpc) is 2.18. The summed E-state index contributed by atoms with van der Waals surface area (Å²) in [7, 11) is 0. The third-order valence-corrected chi connectivity index (χ3v) is 1.91. The van der Waals surface area contributed by atoms with Crippen LogP contribution in [0.25, 0.3) is 5.70 Å². The SMILES string of the molecule is N/C(=C\S)c1ccc(OC(F)(F)F)c(F)c1. The molecule has 0 fully saturated rings. The van der Waals surface area contributed by atoms with Crippen LogP contribution in [0.3, 0.4) is 0 Å². The van der Waals surface area contributed by atoms with Gasteiger partial charge in [-0.3, -0.25) is 0 Å². The summed E-state index contributed by atoms with van der Waals surface area (Å²) in [5.74, 6) is -2.05. The van der Waals surface area contributed by atoms with Crippen LogP contribution in [-0.4, -0.2) is 6.36 Å². The van der Waals surface area contributed by atoms with Gasteiger partial charge in [-0.05, 0) is 23.6 Å². The third kappa shape index (κ3) is 3.34. The van der Waals surface area contributed by atoms with Crippen molar-refractivity contribution < 1.29 is 22.3 Å². The summed E-state index contributed by atoms with van der Waals surface area (Å²) in [6.45, 7) is 0. The Bertz CT molecular complexity index is 416. The zero-order valence-corrected chi connectivity index (χ0v) is 8.65. The van der Waals surface area contributed by atoms with E-state index in [2.05, 4.69) is 17.4 Å². The van der Waals surface area contributed by atoms with Gasteiger partial charge in [0.05, 0.1) is 0 Å². The second kappa shape index (κ2) is 4.65. The highest BCUT2D eigenvalue weighted by Gasteiger charge is 2.32. The molecular weight excluding hydrogens is 246 g/mol. The Hall–Kier alpha value is -1.37. The standard InChI is InChI=1S/C9H7F4NOS/c10-6-3-5(7(14)4-16)1-2-8(6)15-9(11,12)13/h1-4,16H,14H2/b7-4-. The lowest BCUT2D eigenvalue weighted by atomic mass is 10.1. The van der Waals surface area contributed by atoms with Crippen molar-refractivity contribution in [1.82, 2.24) is 0 Å². The number of hydrogen-bond acceptors (Lipinski definition) is 3. The highest BCUT2D eigenvalue weighted by Crippen LogP contribution is 2.27. The molecular formula is C9H7F4NOS. The van der Waals surface area contributed by atoms with Crippen LogP contribution in [0, 0.1) is 5.82 Å². The first-order valence-electron chi connectivity index (χ1n) is 3.99. The molecule has 0 saturated carbocycles. The number of alkyl halides is 3. The van der Waals surface area contributed by atoms with Crippen LogP contribution in [0.2, 0.25) is 0 Å². The molecule has 1 aromatic rings. The number of thiol groups is 1. The zero-order valence-electron chi connectivity index (χ0n) is 7.75. The predicted molar refractivity (Wildman–Crippen MR) is 54.2 cm³/mol. The fourth-order valence-electron chi connectivity index (χ4n) is 0.962. The Balaban J connectivity index is 3.01. The summed E-state index contributed by atoms with van der Waals surface area (Å²) in [6.07, 6.45) is -4.92. The topological polar surface area (TPSA) is 35.2 Å². The smallest absolute Gasteiger partial charge is 0.403 e. The van der Waals surface area contributed by atoms with Crippen LogP contribution in [0.15, 0.2) is 23.6 Å². The summed E-state index contributed by atoms with van der Waals surface area (Å²) in [6, 6.07) is 2.89. The summed E-state index contributed by atoms with van der Waals surface area (Å²) in [4.78, 5) is 0. The Morgan fingerprint density at radius 3 is 2.44 bits per heavy atom. The lowest BCUT2D eigenvalue weighted by Gasteiger charge is -2.10. The van der Waals surface area contributed by atoms with Gasteiger partial charge < -0.3 is 10.5 Å². The predicted octanol–water partition coefficient (Wildman–Crippen LogP) is 2.91. The summed E-state index contributed by atoms with van der Waals surface area (Å²) in [5.41, 5.74) is 5.76.